The van der Waals surface area contributed by atoms with Gasteiger partial charge in [-0.05, 0) is 50.2 Å². The molecule has 1 unspecified atom stereocenters. The number of sulfone groups is 1. The zero-order valence-electron chi connectivity index (χ0n) is 15.6. The molecule has 6 nitrogen and oxygen atoms in total. The van der Waals surface area contributed by atoms with E-state index in [-0.39, 0.29) is 16.9 Å². The number of hydrogen-bond acceptors (Lipinski definition) is 5. The van der Waals surface area contributed by atoms with E-state index < -0.39 is 27.5 Å². The molecule has 1 aromatic carbocycles. The summed E-state index contributed by atoms with van der Waals surface area (Å²) in [7, 11) is -2.28. The van der Waals surface area contributed by atoms with Crippen molar-refractivity contribution in [2.24, 2.45) is 5.92 Å². The molecule has 1 N–H and O–H groups in total. The summed E-state index contributed by atoms with van der Waals surface area (Å²) >= 11 is 0. The first-order valence-electron chi connectivity index (χ1n) is 9.04. The van der Waals surface area contributed by atoms with Crippen molar-refractivity contribution in [3.8, 4) is 11.5 Å². The third-order valence-electron chi connectivity index (χ3n) is 4.63. The standard InChI is InChI=1S/C19H28O6S/c1-13(2)10-16(12-19(20)21)26(22,23)15-8-9-17(24-3)18(11-15)25-14-6-4-5-7-14/h8-9,11,13-14,16H,4-7,10,12H2,1-3H3,(H,20,21). The predicted molar refractivity (Wildman–Crippen MR) is 98.6 cm³/mol. The van der Waals surface area contributed by atoms with Crippen molar-refractivity contribution in [2.75, 3.05) is 7.11 Å². The Kier molecular flexibility index (Phi) is 6.92. The van der Waals surface area contributed by atoms with Gasteiger partial charge in [0.05, 0.1) is 29.8 Å². The topological polar surface area (TPSA) is 89.9 Å². The van der Waals surface area contributed by atoms with Gasteiger partial charge in [-0.15, -0.1) is 0 Å². The summed E-state index contributed by atoms with van der Waals surface area (Å²) in [5.41, 5.74) is 0. The molecule has 2 rings (SSSR count). The minimum absolute atomic E-state index is 0.0623. The molecule has 1 aromatic rings. The SMILES string of the molecule is COc1ccc(S(=O)(=O)C(CC(=O)O)CC(C)C)cc1OC1CCCC1. The van der Waals surface area contributed by atoms with Crippen LogP contribution >= 0.6 is 0 Å². The minimum atomic E-state index is -3.79. The van der Waals surface area contributed by atoms with Crippen LogP contribution in [0.25, 0.3) is 0 Å². The number of hydrogen-bond donors (Lipinski definition) is 1. The predicted octanol–water partition coefficient (Wildman–Crippen LogP) is 3.68. The van der Waals surface area contributed by atoms with E-state index in [0.717, 1.165) is 25.7 Å². The van der Waals surface area contributed by atoms with Gasteiger partial charge < -0.3 is 14.6 Å². The molecule has 0 spiro atoms. The minimum Gasteiger partial charge on any atom is -0.493 e. The summed E-state index contributed by atoms with van der Waals surface area (Å²) in [4.78, 5) is 11.2. The molecular formula is C19H28O6S. The zero-order chi connectivity index (χ0) is 19.3. The van der Waals surface area contributed by atoms with Crippen LogP contribution in [0.15, 0.2) is 23.1 Å². The molecule has 1 atom stereocenters. The summed E-state index contributed by atoms with van der Waals surface area (Å²) in [6, 6.07) is 4.51. The van der Waals surface area contributed by atoms with Crippen LogP contribution in [0.1, 0.15) is 52.4 Å². The van der Waals surface area contributed by atoms with Crippen LogP contribution in [-0.2, 0) is 14.6 Å². The summed E-state index contributed by atoms with van der Waals surface area (Å²) in [5, 5.41) is 8.16. The smallest absolute Gasteiger partial charge is 0.304 e. The lowest BCUT2D eigenvalue weighted by molar-refractivity contribution is -0.137. The van der Waals surface area contributed by atoms with E-state index in [1.807, 2.05) is 13.8 Å². The Morgan fingerprint density at radius 1 is 1.23 bits per heavy atom. The van der Waals surface area contributed by atoms with E-state index in [2.05, 4.69) is 0 Å². The largest absolute Gasteiger partial charge is 0.493 e. The van der Waals surface area contributed by atoms with Crippen LogP contribution in [0, 0.1) is 5.92 Å². The molecule has 1 fully saturated rings. The molecule has 146 valence electrons. The molecule has 0 heterocycles. The van der Waals surface area contributed by atoms with E-state index in [9.17, 15) is 13.2 Å². The number of rotatable bonds is 9. The second kappa shape index (κ2) is 8.75. The van der Waals surface area contributed by atoms with Crippen molar-refractivity contribution >= 4 is 15.8 Å². The molecule has 0 saturated heterocycles. The molecule has 0 radical (unpaired) electrons. The van der Waals surface area contributed by atoms with Gasteiger partial charge in [-0.1, -0.05) is 13.8 Å². The van der Waals surface area contributed by atoms with Gasteiger partial charge in [0.25, 0.3) is 0 Å². The van der Waals surface area contributed by atoms with Gasteiger partial charge in [0.1, 0.15) is 0 Å². The number of ether oxygens (including phenoxy) is 2. The van der Waals surface area contributed by atoms with Crippen LogP contribution in [0.3, 0.4) is 0 Å². The second-order valence-electron chi connectivity index (χ2n) is 7.23. The lowest BCUT2D eigenvalue weighted by atomic mass is 10.1. The first-order chi connectivity index (χ1) is 12.2. The van der Waals surface area contributed by atoms with E-state index in [1.54, 1.807) is 6.07 Å². The fraction of sp³-hybridized carbons (Fsp3) is 0.632. The van der Waals surface area contributed by atoms with Crippen LogP contribution in [0.4, 0.5) is 0 Å². The number of benzene rings is 1. The maximum Gasteiger partial charge on any atom is 0.304 e. The van der Waals surface area contributed by atoms with Gasteiger partial charge in [-0.2, -0.15) is 0 Å². The molecule has 1 aliphatic rings. The second-order valence-corrected chi connectivity index (χ2v) is 9.46. The van der Waals surface area contributed by atoms with Crippen LogP contribution in [0.5, 0.6) is 11.5 Å². The van der Waals surface area contributed by atoms with E-state index >= 15 is 0 Å². The average molecular weight is 384 g/mol. The molecule has 0 bridgehead atoms. The van der Waals surface area contributed by atoms with E-state index in [0.29, 0.717) is 17.9 Å². The average Bonchev–Trinajstić information content (AvgIpc) is 3.06. The van der Waals surface area contributed by atoms with Gasteiger partial charge in [-0.25, -0.2) is 8.42 Å². The van der Waals surface area contributed by atoms with Gasteiger partial charge in [0.2, 0.25) is 0 Å². The van der Waals surface area contributed by atoms with Crippen molar-refractivity contribution < 1.29 is 27.8 Å². The highest BCUT2D eigenvalue weighted by Gasteiger charge is 2.31. The fourth-order valence-electron chi connectivity index (χ4n) is 3.34. The third kappa shape index (κ3) is 5.13. The van der Waals surface area contributed by atoms with Crippen molar-refractivity contribution in [2.45, 2.75) is 68.6 Å². The van der Waals surface area contributed by atoms with Crippen molar-refractivity contribution in [3.63, 3.8) is 0 Å². The first kappa shape index (κ1) is 20.6. The van der Waals surface area contributed by atoms with Crippen molar-refractivity contribution in [1.29, 1.82) is 0 Å². The number of aliphatic carboxylic acids is 1. The number of carboxylic acids is 1. The monoisotopic (exact) mass is 384 g/mol. The van der Waals surface area contributed by atoms with Crippen LogP contribution in [0.2, 0.25) is 0 Å². The van der Waals surface area contributed by atoms with Gasteiger partial charge in [0.15, 0.2) is 21.3 Å². The fourth-order valence-corrected chi connectivity index (χ4v) is 5.26. The number of methoxy groups -OCH3 is 1. The summed E-state index contributed by atoms with van der Waals surface area (Å²) in [6.07, 6.45) is 4.02. The third-order valence-corrected chi connectivity index (χ3v) is 6.78. The van der Waals surface area contributed by atoms with Crippen molar-refractivity contribution in [3.05, 3.63) is 18.2 Å². The molecule has 0 aromatic heterocycles. The van der Waals surface area contributed by atoms with E-state index in [1.165, 1.54) is 19.2 Å². The molecule has 0 aliphatic heterocycles. The Bertz CT molecular complexity index is 720. The number of carbonyl (C=O) groups is 1. The molecule has 1 aliphatic carbocycles. The Labute approximate surface area is 155 Å². The zero-order valence-corrected chi connectivity index (χ0v) is 16.4. The highest BCUT2D eigenvalue weighted by atomic mass is 32.2. The quantitative estimate of drug-likeness (QED) is 0.698. The number of carboxylic acid groups (broad SMARTS) is 1. The molecule has 7 heteroatoms. The summed E-state index contributed by atoms with van der Waals surface area (Å²) in [6.45, 7) is 3.76. The van der Waals surface area contributed by atoms with Crippen LogP contribution in [-0.4, -0.2) is 38.0 Å². The highest BCUT2D eigenvalue weighted by Crippen LogP contribution is 2.35. The Morgan fingerprint density at radius 3 is 2.42 bits per heavy atom. The van der Waals surface area contributed by atoms with Crippen LogP contribution < -0.4 is 9.47 Å². The van der Waals surface area contributed by atoms with Gasteiger partial charge in [0, 0.05) is 6.07 Å². The van der Waals surface area contributed by atoms with Crippen molar-refractivity contribution in [1.82, 2.24) is 0 Å². The molecule has 1 saturated carbocycles. The molecule has 0 amide bonds. The maximum absolute atomic E-state index is 13.0. The molecule has 26 heavy (non-hydrogen) atoms. The Balaban J connectivity index is 2.35. The first-order valence-corrected chi connectivity index (χ1v) is 10.6. The molecular weight excluding hydrogens is 356 g/mol. The lowest BCUT2D eigenvalue weighted by Gasteiger charge is -2.20. The maximum atomic E-state index is 13.0. The lowest BCUT2D eigenvalue weighted by Crippen LogP contribution is -2.26. The highest BCUT2D eigenvalue weighted by molar-refractivity contribution is 7.92. The van der Waals surface area contributed by atoms with E-state index in [4.69, 9.17) is 14.6 Å². The Morgan fingerprint density at radius 2 is 1.88 bits per heavy atom. The summed E-state index contributed by atoms with van der Waals surface area (Å²) < 4.78 is 37.3. The Hall–Kier alpha value is -1.76. The van der Waals surface area contributed by atoms with Gasteiger partial charge >= 0.3 is 5.97 Å². The van der Waals surface area contributed by atoms with Gasteiger partial charge in [-0.3, -0.25) is 4.79 Å². The summed E-state index contributed by atoms with van der Waals surface area (Å²) in [5.74, 6) is -0.162. The normalized spacial score (nSPS) is 16.6.